The van der Waals surface area contributed by atoms with Crippen LogP contribution in [-0.4, -0.2) is 4.98 Å². The van der Waals surface area contributed by atoms with E-state index < -0.39 is 0 Å². The zero-order valence-electron chi connectivity index (χ0n) is 7.33. The molecule has 0 bridgehead atoms. The number of pyridine rings is 1. The SMILES string of the molecule is CCC/C=C(/N)c1cccnc1. The number of allylic oxidation sites excluding steroid dienone is 1. The molecule has 0 amide bonds. The Balaban J connectivity index is 2.71. The summed E-state index contributed by atoms with van der Waals surface area (Å²) in [5, 5.41) is 0. The van der Waals surface area contributed by atoms with Crippen LogP contribution in [0.5, 0.6) is 0 Å². The third kappa shape index (κ3) is 2.38. The summed E-state index contributed by atoms with van der Waals surface area (Å²) in [4.78, 5) is 3.99. The van der Waals surface area contributed by atoms with Crippen molar-refractivity contribution < 1.29 is 0 Å². The Bertz CT molecular complexity index is 252. The van der Waals surface area contributed by atoms with Gasteiger partial charge in [0.15, 0.2) is 0 Å². The monoisotopic (exact) mass is 162 g/mol. The van der Waals surface area contributed by atoms with Crippen molar-refractivity contribution in [2.24, 2.45) is 5.73 Å². The molecule has 0 aliphatic heterocycles. The van der Waals surface area contributed by atoms with Crippen LogP contribution in [0.25, 0.3) is 5.70 Å². The zero-order chi connectivity index (χ0) is 8.81. The maximum atomic E-state index is 5.80. The first-order valence-corrected chi connectivity index (χ1v) is 4.20. The molecule has 12 heavy (non-hydrogen) atoms. The van der Waals surface area contributed by atoms with E-state index >= 15 is 0 Å². The van der Waals surface area contributed by atoms with E-state index in [0.717, 1.165) is 24.1 Å². The first kappa shape index (κ1) is 8.78. The van der Waals surface area contributed by atoms with Gasteiger partial charge in [0.05, 0.1) is 0 Å². The van der Waals surface area contributed by atoms with Crippen molar-refractivity contribution in [2.75, 3.05) is 0 Å². The van der Waals surface area contributed by atoms with Crippen molar-refractivity contribution in [3.8, 4) is 0 Å². The molecule has 1 rings (SSSR count). The van der Waals surface area contributed by atoms with Gasteiger partial charge >= 0.3 is 0 Å². The van der Waals surface area contributed by atoms with Gasteiger partial charge in [-0.3, -0.25) is 4.98 Å². The van der Waals surface area contributed by atoms with Crippen LogP contribution in [-0.2, 0) is 0 Å². The zero-order valence-corrected chi connectivity index (χ0v) is 7.33. The molecule has 2 N–H and O–H groups in total. The van der Waals surface area contributed by atoms with Crippen LogP contribution in [0.4, 0.5) is 0 Å². The van der Waals surface area contributed by atoms with Gasteiger partial charge in [-0.2, -0.15) is 0 Å². The molecule has 0 aliphatic carbocycles. The lowest BCUT2D eigenvalue weighted by Crippen LogP contribution is -1.96. The Morgan fingerprint density at radius 1 is 1.67 bits per heavy atom. The third-order valence-electron chi connectivity index (χ3n) is 1.65. The summed E-state index contributed by atoms with van der Waals surface area (Å²) < 4.78 is 0. The average Bonchev–Trinajstić information content (AvgIpc) is 2.15. The van der Waals surface area contributed by atoms with Crippen molar-refractivity contribution in [3.63, 3.8) is 0 Å². The molecule has 0 saturated heterocycles. The topological polar surface area (TPSA) is 38.9 Å². The van der Waals surface area contributed by atoms with Crippen LogP contribution in [0.15, 0.2) is 30.6 Å². The summed E-state index contributed by atoms with van der Waals surface area (Å²) in [6.45, 7) is 2.13. The first-order chi connectivity index (χ1) is 5.84. The second kappa shape index (κ2) is 4.54. The fraction of sp³-hybridized carbons (Fsp3) is 0.300. The highest BCUT2D eigenvalue weighted by Gasteiger charge is 1.92. The lowest BCUT2D eigenvalue weighted by atomic mass is 10.2. The Morgan fingerprint density at radius 3 is 3.08 bits per heavy atom. The van der Waals surface area contributed by atoms with E-state index in [1.807, 2.05) is 18.2 Å². The summed E-state index contributed by atoms with van der Waals surface area (Å²) in [7, 11) is 0. The average molecular weight is 162 g/mol. The van der Waals surface area contributed by atoms with E-state index in [9.17, 15) is 0 Å². The predicted molar refractivity (Wildman–Crippen MR) is 51.3 cm³/mol. The summed E-state index contributed by atoms with van der Waals surface area (Å²) in [6.07, 6.45) is 7.72. The van der Waals surface area contributed by atoms with Crippen LogP contribution >= 0.6 is 0 Å². The van der Waals surface area contributed by atoms with E-state index in [1.165, 1.54) is 0 Å². The third-order valence-corrected chi connectivity index (χ3v) is 1.65. The summed E-state index contributed by atoms with van der Waals surface area (Å²) in [6, 6.07) is 3.86. The summed E-state index contributed by atoms with van der Waals surface area (Å²) in [5.74, 6) is 0. The van der Waals surface area contributed by atoms with Gasteiger partial charge in [0.1, 0.15) is 0 Å². The molecule has 0 saturated carbocycles. The molecule has 0 aliphatic rings. The molecule has 1 aromatic heterocycles. The lowest BCUT2D eigenvalue weighted by molar-refractivity contribution is 0.958. The Labute approximate surface area is 73.1 Å². The number of unbranched alkanes of at least 4 members (excludes halogenated alkanes) is 1. The maximum Gasteiger partial charge on any atom is 0.0362 e. The van der Waals surface area contributed by atoms with E-state index in [-0.39, 0.29) is 0 Å². The quantitative estimate of drug-likeness (QED) is 0.739. The van der Waals surface area contributed by atoms with Gasteiger partial charge in [-0.15, -0.1) is 0 Å². The minimum absolute atomic E-state index is 0.824. The number of rotatable bonds is 3. The molecule has 0 unspecified atom stereocenters. The maximum absolute atomic E-state index is 5.80. The van der Waals surface area contributed by atoms with Crippen molar-refractivity contribution in [1.82, 2.24) is 4.98 Å². The van der Waals surface area contributed by atoms with E-state index in [4.69, 9.17) is 5.73 Å². The van der Waals surface area contributed by atoms with Gasteiger partial charge in [0.2, 0.25) is 0 Å². The molecule has 0 radical (unpaired) electrons. The molecule has 0 atom stereocenters. The second-order valence-corrected chi connectivity index (χ2v) is 2.69. The van der Waals surface area contributed by atoms with Crippen LogP contribution in [0.2, 0.25) is 0 Å². The molecule has 0 spiro atoms. The van der Waals surface area contributed by atoms with Crippen LogP contribution in [0.1, 0.15) is 25.3 Å². The highest BCUT2D eigenvalue weighted by atomic mass is 14.6. The van der Waals surface area contributed by atoms with Gasteiger partial charge in [0.25, 0.3) is 0 Å². The minimum Gasteiger partial charge on any atom is -0.398 e. The van der Waals surface area contributed by atoms with E-state index in [2.05, 4.69) is 11.9 Å². The van der Waals surface area contributed by atoms with Crippen LogP contribution in [0, 0.1) is 0 Å². The molecular formula is C10H14N2. The summed E-state index contributed by atoms with van der Waals surface area (Å²) in [5.41, 5.74) is 7.63. The van der Waals surface area contributed by atoms with Crippen molar-refractivity contribution in [3.05, 3.63) is 36.2 Å². The molecule has 0 fully saturated rings. The van der Waals surface area contributed by atoms with Gasteiger partial charge in [0, 0.05) is 23.7 Å². The number of hydrogen-bond acceptors (Lipinski definition) is 2. The van der Waals surface area contributed by atoms with Crippen molar-refractivity contribution in [1.29, 1.82) is 0 Å². The molecule has 2 heteroatoms. The van der Waals surface area contributed by atoms with Gasteiger partial charge in [-0.25, -0.2) is 0 Å². The molecule has 1 aromatic rings. The van der Waals surface area contributed by atoms with Gasteiger partial charge < -0.3 is 5.73 Å². The Morgan fingerprint density at radius 2 is 2.50 bits per heavy atom. The molecule has 0 aromatic carbocycles. The summed E-state index contributed by atoms with van der Waals surface area (Å²) >= 11 is 0. The fourth-order valence-electron chi connectivity index (χ4n) is 0.951. The fourth-order valence-corrected chi connectivity index (χ4v) is 0.951. The lowest BCUT2D eigenvalue weighted by Gasteiger charge is -1.99. The highest BCUT2D eigenvalue weighted by molar-refractivity contribution is 5.61. The first-order valence-electron chi connectivity index (χ1n) is 4.20. The minimum atomic E-state index is 0.824. The molecule has 64 valence electrons. The van der Waals surface area contributed by atoms with Crippen LogP contribution < -0.4 is 5.73 Å². The van der Waals surface area contributed by atoms with E-state index in [1.54, 1.807) is 12.4 Å². The highest BCUT2D eigenvalue weighted by Crippen LogP contribution is 2.07. The number of nitrogens with zero attached hydrogens (tertiary/aromatic N) is 1. The number of aromatic nitrogens is 1. The largest absolute Gasteiger partial charge is 0.398 e. The normalized spacial score (nSPS) is 11.6. The van der Waals surface area contributed by atoms with E-state index in [0.29, 0.717) is 0 Å². The number of hydrogen-bond donors (Lipinski definition) is 1. The Kier molecular flexibility index (Phi) is 3.33. The smallest absolute Gasteiger partial charge is 0.0362 e. The van der Waals surface area contributed by atoms with Gasteiger partial charge in [-0.05, 0) is 18.6 Å². The molecular weight excluding hydrogens is 148 g/mol. The van der Waals surface area contributed by atoms with Gasteiger partial charge in [-0.1, -0.05) is 19.4 Å². The molecule has 2 nitrogen and oxygen atoms in total. The predicted octanol–water partition coefficient (Wildman–Crippen LogP) is 2.18. The number of nitrogens with two attached hydrogens (primary N) is 1. The van der Waals surface area contributed by atoms with Crippen LogP contribution in [0.3, 0.4) is 0 Å². The Hall–Kier alpha value is -1.31. The molecule has 1 heterocycles. The van der Waals surface area contributed by atoms with Crippen molar-refractivity contribution >= 4 is 5.70 Å². The standard InChI is InChI=1S/C10H14N2/c1-2-3-6-10(11)9-5-4-7-12-8-9/h4-8H,2-3,11H2,1H3/b10-6+. The second-order valence-electron chi connectivity index (χ2n) is 2.69. The van der Waals surface area contributed by atoms with Crippen molar-refractivity contribution in [2.45, 2.75) is 19.8 Å².